The molecule has 1 aliphatic heterocycles. The average Bonchev–Trinajstić information content (AvgIpc) is 3.68. The van der Waals surface area contributed by atoms with Crippen LogP contribution in [0.3, 0.4) is 0 Å². The molecule has 192 valence electrons. The van der Waals surface area contributed by atoms with E-state index in [0.717, 1.165) is 11.4 Å². The Balaban J connectivity index is 1.50. The predicted octanol–water partition coefficient (Wildman–Crippen LogP) is 4.16. The molecule has 2 heterocycles. The Morgan fingerprint density at radius 2 is 1.89 bits per heavy atom. The first-order valence-electron chi connectivity index (χ1n) is 12.6. The number of nitrogens with one attached hydrogen (secondary N) is 1. The van der Waals surface area contributed by atoms with E-state index in [0.29, 0.717) is 43.4 Å². The smallest absolute Gasteiger partial charge is 0.483 e. The molecule has 0 bridgehead atoms. The van der Waals surface area contributed by atoms with Gasteiger partial charge in [0.05, 0.1) is 18.8 Å². The SMILES string of the molecule is CNC(=O)c1ccc(OC(CN2CC[N+](C(=O)OC(C)(C)C)=C(C)C2)c2ccc(C3CC3)cn2)cc1. The Bertz CT molecular complexity index is 1120. The van der Waals surface area contributed by atoms with Gasteiger partial charge in [-0.1, -0.05) is 6.07 Å². The minimum Gasteiger partial charge on any atom is -0.483 e. The molecule has 0 radical (unpaired) electrons. The number of pyridine rings is 1. The average molecular weight is 494 g/mol. The molecule has 1 aromatic carbocycles. The maximum atomic E-state index is 12.6. The summed E-state index contributed by atoms with van der Waals surface area (Å²) in [6, 6.07) is 11.4. The third-order valence-electron chi connectivity index (χ3n) is 6.40. The fourth-order valence-corrected chi connectivity index (χ4v) is 4.32. The third kappa shape index (κ3) is 6.69. The van der Waals surface area contributed by atoms with Crippen LogP contribution in [0.2, 0.25) is 0 Å². The lowest BCUT2D eigenvalue weighted by Crippen LogP contribution is -2.48. The van der Waals surface area contributed by atoms with Gasteiger partial charge in [-0.2, -0.15) is 4.79 Å². The van der Waals surface area contributed by atoms with Crippen LogP contribution in [0.15, 0.2) is 42.6 Å². The molecule has 1 unspecified atom stereocenters. The number of aromatic nitrogens is 1. The maximum absolute atomic E-state index is 12.6. The van der Waals surface area contributed by atoms with Crippen LogP contribution in [0.1, 0.15) is 74.2 Å². The standard InChI is InChI=1S/C28H36N4O4/c1-19-17-31(14-15-32(19)27(34)36-28(2,3)4)18-25(24-13-10-22(16-30-24)20-6-7-20)35-23-11-8-21(9-12-23)26(33)29-5/h8-13,16,20,25H,6-7,14-15,17-18H2,1-5H3/p+1. The second-order valence-electron chi connectivity index (χ2n) is 10.6. The molecule has 1 fully saturated rings. The number of hydrogen-bond acceptors (Lipinski definition) is 6. The largest absolute Gasteiger partial charge is 0.596 e. The highest BCUT2D eigenvalue weighted by Crippen LogP contribution is 2.39. The van der Waals surface area contributed by atoms with E-state index < -0.39 is 5.60 Å². The number of ether oxygens (including phenoxy) is 2. The molecule has 2 amide bonds. The summed E-state index contributed by atoms with van der Waals surface area (Å²) in [7, 11) is 1.61. The maximum Gasteiger partial charge on any atom is 0.596 e. The molecule has 0 saturated heterocycles. The highest BCUT2D eigenvalue weighted by atomic mass is 16.6. The van der Waals surface area contributed by atoms with Crippen molar-refractivity contribution in [1.29, 1.82) is 0 Å². The lowest BCUT2D eigenvalue weighted by Gasteiger charge is -2.29. The number of hydrogen-bond donors (Lipinski definition) is 1. The summed E-state index contributed by atoms with van der Waals surface area (Å²) in [4.78, 5) is 31.5. The van der Waals surface area contributed by atoms with Gasteiger partial charge in [0, 0.05) is 32.3 Å². The van der Waals surface area contributed by atoms with Gasteiger partial charge in [0.15, 0.2) is 18.4 Å². The summed E-state index contributed by atoms with van der Waals surface area (Å²) in [5.74, 6) is 1.18. The highest BCUT2D eigenvalue weighted by molar-refractivity contribution is 5.94. The van der Waals surface area contributed by atoms with Gasteiger partial charge in [-0.05, 0) is 75.4 Å². The minimum atomic E-state index is -0.529. The fourth-order valence-electron chi connectivity index (χ4n) is 4.32. The molecule has 1 atom stereocenters. The lowest BCUT2D eigenvalue weighted by molar-refractivity contribution is -0.458. The zero-order valence-electron chi connectivity index (χ0n) is 21.9. The van der Waals surface area contributed by atoms with E-state index in [4.69, 9.17) is 14.5 Å². The molecule has 0 spiro atoms. The van der Waals surface area contributed by atoms with E-state index in [-0.39, 0.29) is 18.1 Å². The number of nitrogens with zero attached hydrogens (tertiary/aromatic N) is 3. The number of rotatable bonds is 7. The highest BCUT2D eigenvalue weighted by Gasteiger charge is 2.34. The van der Waals surface area contributed by atoms with Gasteiger partial charge in [0.2, 0.25) is 0 Å². The molecule has 4 rings (SSSR count). The van der Waals surface area contributed by atoms with Crippen LogP contribution in [-0.2, 0) is 4.74 Å². The Labute approximate surface area is 213 Å². The second-order valence-corrected chi connectivity index (χ2v) is 10.6. The molecular weight excluding hydrogens is 456 g/mol. The van der Waals surface area contributed by atoms with Crippen LogP contribution in [0.25, 0.3) is 0 Å². The molecular formula is C28H37N4O4+. The zero-order chi connectivity index (χ0) is 25.9. The van der Waals surface area contributed by atoms with Gasteiger partial charge < -0.3 is 14.8 Å². The molecule has 1 aliphatic carbocycles. The van der Waals surface area contributed by atoms with Gasteiger partial charge in [-0.3, -0.25) is 14.7 Å². The Morgan fingerprint density at radius 1 is 1.17 bits per heavy atom. The van der Waals surface area contributed by atoms with E-state index >= 15 is 0 Å². The minimum absolute atomic E-state index is 0.135. The van der Waals surface area contributed by atoms with Crippen LogP contribution in [0.5, 0.6) is 5.75 Å². The van der Waals surface area contributed by atoms with E-state index in [1.165, 1.54) is 18.4 Å². The summed E-state index contributed by atoms with van der Waals surface area (Å²) in [5, 5.41) is 2.63. The summed E-state index contributed by atoms with van der Waals surface area (Å²) in [6.45, 7) is 10.1. The van der Waals surface area contributed by atoms with Crippen molar-refractivity contribution < 1.29 is 23.6 Å². The first kappa shape index (κ1) is 25.8. The first-order valence-corrected chi connectivity index (χ1v) is 12.6. The van der Waals surface area contributed by atoms with E-state index in [1.54, 1.807) is 23.8 Å². The van der Waals surface area contributed by atoms with Crippen LogP contribution in [0.4, 0.5) is 4.79 Å². The van der Waals surface area contributed by atoms with E-state index in [2.05, 4.69) is 22.3 Å². The van der Waals surface area contributed by atoms with Crippen LogP contribution >= 0.6 is 0 Å². The summed E-state index contributed by atoms with van der Waals surface area (Å²) in [5.41, 5.74) is 3.14. The fraction of sp³-hybridized carbons (Fsp3) is 0.500. The predicted molar refractivity (Wildman–Crippen MR) is 138 cm³/mol. The summed E-state index contributed by atoms with van der Waals surface area (Å²) in [6.07, 6.45) is 3.83. The van der Waals surface area contributed by atoms with Crippen molar-refractivity contribution in [2.24, 2.45) is 0 Å². The van der Waals surface area contributed by atoms with Crippen molar-refractivity contribution in [1.82, 2.24) is 15.2 Å². The van der Waals surface area contributed by atoms with Crippen molar-refractivity contribution in [3.05, 3.63) is 59.4 Å². The second kappa shape index (κ2) is 10.8. The molecule has 1 saturated carbocycles. The van der Waals surface area contributed by atoms with Crippen molar-refractivity contribution in [3.63, 3.8) is 0 Å². The van der Waals surface area contributed by atoms with Gasteiger partial charge in [-0.25, -0.2) is 0 Å². The normalized spacial score (nSPS) is 17.5. The topological polar surface area (TPSA) is 83.8 Å². The number of carbonyl (C=O) groups is 2. The Kier molecular flexibility index (Phi) is 7.73. The van der Waals surface area contributed by atoms with Crippen molar-refractivity contribution in [2.75, 3.05) is 33.2 Å². The quantitative estimate of drug-likeness (QED) is 0.583. The molecule has 8 nitrogen and oxygen atoms in total. The molecule has 2 aliphatic rings. The molecule has 8 heteroatoms. The van der Waals surface area contributed by atoms with E-state index in [1.807, 2.05) is 46.0 Å². The van der Waals surface area contributed by atoms with Crippen LogP contribution < -0.4 is 10.1 Å². The number of benzene rings is 1. The van der Waals surface area contributed by atoms with Crippen molar-refractivity contribution in [2.45, 2.75) is 58.2 Å². The number of amides is 2. The first-order chi connectivity index (χ1) is 17.1. The summed E-state index contributed by atoms with van der Waals surface area (Å²) >= 11 is 0. The van der Waals surface area contributed by atoms with Crippen LogP contribution in [-0.4, -0.2) is 71.0 Å². The zero-order valence-corrected chi connectivity index (χ0v) is 21.9. The summed E-state index contributed by atoms with van der Waals surface area (Å²) < 4.78 is 13.7. The van der Waals surface area contributed by atoms with Gasteiger partial charge in [-0.15, -0.1) is 4.58 Å². The Hall–Kier alpha value is -3.26. The van der Waals surface area contributed by atoms with E-state index in [9.17, 15) is 9.59 Å². The van der Waals surface area contributed by atoms with Crippen molar-refractivity contribution >= 4 is 17.7 Å². The molecule has 36 heavy (non-hydrogen) atoms. The molecule has 1 aromatic heterocycles. The monoisotopic (exact) mass is 493 g/mol. The Morgan fingerprint density at radius 3 is 2.44 bits per heavy atom. The van der Waals surface area contributed by atoms with Gasteiger partial charge in [0.1, 0.15) is 11.4 Å². The van der Waals surface area contributed by atoms with Crippen molar-refractivity contribution in [3.8, 4) is 5.75 Å². The molecule has 1 N–H and O–H groups in total. The van der Waals surface area contributed by atoms with Gasteiger partial charge >= 0.3 is 6.09 Å². The van der Waals surface area contributed by atoms with Crippen LogP contribution in [0, 0.1) is 0 Å². The molecule has 2 aromatic rings. The van der Waals surface area contributed by atoms with Gasteiger partial charge in [0.25, 0.3) is 5.91 Å². The third-order valence-corrected chi connectivity index (χ3v) is 6.40. The lowest BCUT2D eigenvalue weighted by atomic mass is 10.1. The number of carbonyl (C=O) groups excluding carboxylic acids is 2.